The number of anilines is 1. The number of H-pyrrole nitrogens is 1. The molecular formula is C17H22N4O2. The van der Waals surface area contributed by atoms with Gasteiger partial charge in [0.1, 0.15) is 23.1 Å². The van der Waals surface area contributed by atoms with Gasteiger partial charge >= 0.3 is 0 Å². The highest BCUT2D eigenvalue weighted by Crippen LogP contribution is 2.29. The SMILES string of the molecule is CCOCCCNc1ncnc2c1[nH]c1ccc(OCC)cc12. The number of nitrogens with zero attached hydrogens (tertiary/aromatic N) is 2. The molecule has 0 atom stereocenters. The average molecular weight is 314 g/mol. The van der Waals surface area contributed by atoms with Gasteiger partial charge in [0, 0.05) is 30.7 Å². The predicted octanol–water partition coefficient (Wildman–Crippen LogP) is 3.35. The van der Waals surface area contributed by atoms with Gasteiger partial charge in [0.05, 0.1) is 6.61 Å². The number of fused-ring (bicyclic) bond motifs is 3. The molecule has 3 aromatic rings. The first-order chi connectivity index (χ1) is 11.3. The Balaban J connectivity index is 1.87. The van der Waals surface area contributed by atoms with E-state index >= 15 is 0 Å². The Morgan fingerprint density at radius 2 is 2.09 bits per heavy atom. The summed E-state index contributed by atoms with van der Waals surface area (Å²) in [5.41, 5.74) is 2.86. The second-order valence-corrected chi connectivity index (χ2v) is 5.19. The van der Waals surface area contributed by atoms with E-state index in [0.29, 0.717) is 6.61 Å². The van der Waals surface area contributed by atoms with E-state index in [1.54, 1.807) is 6.33 Å². The molecule has 23 heavy (non-hydrogen) atoms. The fourth-order valence-corrected chi connectivity index (χ4v) is 2.59. The zero-order valence-corrected chi connectivity index (χ0v) is 13.6. The average Bonchev–Trinajstić information content (AvgIpc) is 2.94. The smallest absolute Gasteiger partial charge is 0.153 e. The van der Waals surface area contributed by atoms with Crippen molar-refractivity contribution < 1.29 is 9.47 Å². The van der Waals surface area contributed by atoms with Gasteiger partial charge in [0.15, 0.2) is 5.82 Å². The number of aromatic amines is 1. The van der Waals surface area contributed by atoms with Crippen LogP contribution in [-0.4, -0.2) is 41.3 Å². The van der Waals surface area contributed by atoms with Crippen LogP contribution >= 0.6 is 0 Å². The fourth-order valence-electron chi connectivity index (χ4n) is 2.59. The first-order valence-electron chi connectivity index (χ1n) is 8.04. The van der Waals surface area contributed by atoms with Gasteiger partial charge in [0.25, 0.3) is 0 Å². The molecule has 0 saturated heterocycles. The number of rotatable bonds is 8. The molecule has 122 valence electrons. The van der Waals surface area contributed by atoms with E-state index in [-0.39, 0.29) is 0 Å². The summed E-state index contributed by atoms with van der Waals surface area (Å²) in [6, 6.07) is 5.99. The fraction of sp³-hybridized carbons (Fsp3) is 0.412. The molecule has 2 heterocycles. The van der Waals surface area contributed by atoms with Crippen molar-refractivity contribution in [1.29, 1.82) is 0 Å². The predicted molar refractivity (Wildman–Crippen MR) is 92.2 cm³/mol. The molecule has 2 N–H and O–H groups in total. The van der Waals surface area contributed by atoms with Crippen molar-refractivity contribution in [3.63, 3.8) is 0 Å². The summed E-state index contributed by atoms with van der Waals surface area (Å²) in [7, 11) is 0. The minimum absolute atomic E-state index is 0.648. The van der Waals surface area contributed by atoms with Crippen molar-refractivity contribution in [2.45, 2.75) is 20.3 Å². The van der Waals surface area contributed by atoms with Gasteiger partial charge < -0.3 is 19.8 Å². The van der Waals surface area contributed by atoms with Crippen LogP contribution < -0.4 is 10.1 Å². The minimum atomic E-state index is 0.648. The third kappa shape index (κ3) is 3.37. The number of hydrogen-bond donors (Lipinski definition) is 2. The van der Waals surface area contributed by atoms with Crippen molar-refractivity contribution in [3.05, 3.63) is 24.5 Å². The van der Waals surface area contributed by atoms with Crippen molar-refractivity contribution in [1.82, 2.24) is 15.0 Å². The largest absolute Gasteiger partial charge is 0.494 e. The number of benzene rings is 1. The number of hydrogen-bond acceptors (Lipinski definition) is 5. The molecule has 0 radical (unpaired) electrons. The molecule has 0 aliphatic carbocycles. The highest BCUT2D eigenvalue weighted by atomic mass is 16.5. The van der Waals surface area contributed by atoms with Crippen molar-refractivity contribution in [3.8, 4) is 5.75 Å². The van der Waals surface area contributed by atoms with Crippen molar-refractivity contribution in [2.75, 3.05) is 31.7 Å². The molecule has 0 saturated carbocycles. The van der Waals surface area contributed by atoms with Crippen LogP contribution in [0.25, 0.3) is 21.9 Å². The summed E-state index contributed by atoms with van der Waals surface area (Å²) in [6.45, 7) is 6.94. The minimum Gasteiger partial charge on any atom is -0.494 e. The highest BCUT2D eigenvalue weighted by molar-refractivity contribution is 6.08. The van der Waals surface area contributed by atoms with Gasteiger partial charge in [-0.2, -0.15) is 0 Å². The Morgan fingerprint density at radius 3 is 2.91 bits per heavy atom. The maximum absolute atomic E-state index is 5.58. The number of ether oxygens (including phenoxy) is 2. The van der Waals surface area contributed by atoms with Crippen LogP contribution in [-0.2, 0) is 4.74 Å². The normalized spacial score (nSPS) is 11.2. The molecule has 0 fully saturated rings. The van der Waals surface area contributed by atoms with Gasteiger partial charge in [-0.15, -0.1) is 0 Å². The van der Waals surface area contributed by atoms with E-state index in [1.165, 1.54) is 0 Å². The zero-order chi connectivity index (χ0) is 16.1. The molecular weight excluding hydrogens is 292 g/mol. The molecule has 0 amide bonds. The Bertz CT molecular complexity index is 785. The molecule has 3 rings (SSSR count). The number of aromatic nitrogens is 3. The summed E-state index contributed by atoms with van der Waals surface area (Å²) >= 11 is 0. The quantitative estimate of drug-likeness (QED) is 0.624. The Kier molecular flexibility index (Phi) is 4.92. The summed E-state index contributed by atoms with van der Waals surface area (Å²) < 4.78 is 10.9. The van der Waals surface area contributed by atoms with Crippen LogP contribution in [0, 0.1) is 0 Å². The van der Waals surface area contributed by atoms with E-state index in [9.17, 15) is 0 Å². The molecule has 0 unspecified atom stereocenters. The van der Waals surface area contributed by atoms with Gasteiger partial charge in [-0.3, -0.25) is 0 Å². The zero-order valence-electron chi connectivity index (χ0n) is 13.6. The topological polar surface area (TPSA) is 72.1 Å². The van der Waals surface area contributed by atoms with Crippen LogP contribution in [0.1, 0.15) is 20.3 Å². The lowest BCUT2D eigenvalue weighted by Crippen LogP contribution is -2.07. The molecule has 6 heteroatoms. The van der Waals surface area contributed by atoms with Gasteiger partial charge in [-0.1, -0.05) is 0 Å². The van der Waals surface area contributed by atoms with Crippen LogP contribution in [0.3, 0.4) is 0 Å². The molecule has 2 aromatic heterocycles. The monoisotopic (exact) mass is 314 g/mol. The van der Waals surface area contributed by atoms with E-state index in [1.807, 2.05) is 32.0 Å². The Hall–Kier alpha value is -2.34. The lowest BCUT2D eigenvalue weighted by atomic mass is 10.2. The maximum atomic E-state index is 5.58. The van der Waals surface area contributed by atoms with E-state index in [0.717, 1.165) is 59.7 Å². The lowest BCUT2D eigenvalue weighted by molar-refractivity contribution is 0.147. The lowest BCUT2D eigenvalue weighted by Gasteiger charge is -2.06. The summed E-state index contributed by atoms with van der Waals surface area (Å²) in [5.74, 6) is 1.67. The van der Waals surface area contributed by atoms with Crippen molar-refractivity contribution in [2.24, 2.45) is 0 Å². The highest BCUT2D eigenvalue weighted by Gasteiger charge is 2.11. The van der Waals surface area contributed by atoms with E-state index < -0.39 is 0 Å². The number of nitrogens with one attached hydrogen (secondary N) is 2. The summed E-state index contributed by atoms with van der Waals surface area (Å²) in [4.78, 5) is 12.2. The van der Waals surface area contributed by atoms with Crippen molar-refractivity contribution >= 4 is 27.8 Å². The van der Waals surface area contributed by atoms with Crippen LogP contribution in [0.4, 0.5) is 5.82 Å². The molecule has 0 aliphatic rings. The van der Waals surface area contributed by atoms with E-state index in [4.69, 9.17) is 9.47 Å². The van der Waals surface area contributed by atoms with Gasteiger partial charge in [0.2, 0.25) is 0 Å². The molecule has 0 aliphatic heterocycles. The standard InChI is InChI=1S/C17H22N4O2/c1-3-22-9-5-8-18-17-16-15(19-11-20-17)13-10-12(23-4-2)6-7-14(13)21-16/h6-7,10-11,21H,3-5,8-9H2,1-2H3,(H,18,19,20). The van der Waals surface area contributed by atoms with Crippen LogP contribution in [0.5, 0.6) is 5.75 Å². The second kappa shape index (κ2) is 7.28. The van der Waals surface area contributed by atoms with Gasteiger partial charge in [-0.05, 0) is 38.5 Å². The first-order valence-corrected chi connectivity index (χ1v) is 8.04. The van der Waals surface area contributed by atoms with Gasteiger partial charge in [-0.25, -0.2) is 9.97 Å². The molecule has 6 nitrogen and oxygen atoms in total. The molecule has 0 spiro atoms. The summed E-state index contributed by atoms with van der Waals surface area (Å²) in [6.07, 6.45) is 2.53. The van der Waals surface area contributed by atoms with E-state index in [2.05, 4.69) is 20.3 Å². The third-order valence-corrected chi connectivity index (χ3v) is 3.63. The molecule has 0 bridgehead atoms. The molecule has 1 aromatic carbocycles. The Morgan fingerprint density at radius 1 is 1.17 bits per heavy atom. The first kappa shape index (κ1) is 15.6. The Labute approximate surface area is 135 Å². The van der Waals surface area contributed by atoms with Crippen LogP contribution in [0.15, 0.2) is 24.5 Å². The third-order valence-electron chi connectivity index (χ3n) is 3.63. The second-order valence-electron chi connectivity index (χ2n) is 5.19. The maximum Gasteiger partial charge on any atom is 0.153 e. The summed E-state index contributed by atoms with van der Waals surface area (Å²) in [5, 5.41) is 4.40. The van der Waals surface area contributed by atoms with Crippen LogP contribution in [0.2, 0.25) is 0 Å².